The molecule has 1 aliphatic heterocycles. The molecule has 1 rings (SSSR count). The van der Waals surface area contributed by atoms with Crippen LogP contribution in [0.2, 0.25) is 0 Å². The fraction of sp³-hybridized carbons (Fsp3) is 0.706. The number of hydrogen-bond donors (Lipinski definition) is 5. The summed E-state index contributed by atoms with van der Waals surface area (Å²) in [6.07, 6.45) is 0.873. The first-order chi connectivity index (χ1) is 13.1. The van der Waals surface area contributed by atoms with Crippen molar-refractivity contribution in [2.24, 2.45) is 17.4 Å². The summed E-state index contributed by atoms with van der Waals surface area (Å²) in [7, 11) is 0. The maximum atomic E-state index is 12.8. The van der Waals surface area contributed by atoms with Gasteiger partial charge in [-0.1, -0.05) is 20.3 Å². The van der Waals surface area contributed by atoms with E-state index in [9.17, 15) is 29.1 Å². The van der Waals surface area contributed by atoms with Crippen LogP contribution in [0.5, 0.6) is 0 Å². The average Bonchev–Trinajstić information content (AvgIpc) is 3.13. The molecular weight excluding hydrogens is 370 g/mol. The fourth-order valence-corrected chi connectivity index (χ4v) is 3.08. The van der Waals surface area contributed by atoms with Crippen LogP contribution in [0.3, 0.4) is 0 Å². The van der Waals surface area contributed by atoms with Crippen molar-refractivity contribution in [1.82, 2.24) is 15.5 Å². The molecule has 28 heavy (non-hydrogen) atoms. The average molecular weight is 399 g/mol. The van der Waals surface area contributed by atoms with Crippen LogP contribution in [0.4, 0.5) is 0 Å². The molecule has 11 heteroatoms. The first kappa shape index (κ1) is 23.3. The Morgan fingerprint density at radius 3 is 2.36 bits per heavy atom. The highest BCUT2D eigenvalue weighted by Gasteiger charge is 2.39. The Morgan fingerprint density at radius 1 is 1.21 bits per heavy atom. The highest BCUT2D eigenvalue weighted by atomic mass is 16.4. The van der Waals surface area contributed by atoms with Crippen LogP contribution >= 0.6 is 0 Å². The molecule has 0 bridgehead atoms. The van der Waals surface area contributed by atoms with Crippen molar-refractivity contribution in [3.63, 3.8) is 0 Å². The third kappa shape index (κ3) is 6.19. The molecule has 158 valence electrons. The van der Waals surface area contributed by atoms with Crippen molar-refractivity contribution < 1.29 is 29.1 Å². The summed E-state index contributed by atoms with van der Waals surface area (Å²) in [4.78, 5) is 61.0. The number of carboxylic acids is 1. The van der Waals surface area contributed by atoms with Crippen molar-refractivity contribution in [2.75, 3.05) is 13.1 Å². The minimum atomic E-state index is -1.31. The SMILES string of the molecule is CCC(C)C(NC(=O)CN)C(=O)NC(CC(N)=O)C(=O)N1CCCC1C(=O)O. The van der Waals surface area contributed by atoms with Gasteiger partial charge in [-0.2, -0.15) is 0 Å². The molecule has 1 aliphatic rings. The van der Waals surface area contributed by atoms with E-state index in [1.807, 2.05) is 6.92 Å². The van der Waals surface area contributed by atoms with Gasteiger partial charge < -0.3 is 32.1 Å². The summed E-state index contributed by atoms with van der Waals surface area (Å²) in [5.74, 6) is -4.13. The van der Waals surface area contributed by atoms with E-state index in [1.165, 1.54) is 0 Å². The summed E-state index contributed by atoms with van der Waals surface area (Å²) in [5, 5.41) is 14.2. The summed E-state index contributed by atoms with van der Waals surface area (Å²) in [5.41, 5.74) is 10.5. The zero-order valence-corrected chi connectivity index (χ0v) is 16.1. The van der Waals surface area contributed by atoms with Gasteiger partial charge in [-0.3, -0.25) is 19.2 Å². The smallest absolute Gasteiger partial charge is 0.326 e. The molecule has 1 fully saturated rings. The van der Waals surface area contributed by atoms with Crippen LogP contribution in [-0.2, 0) is 24.0 Å². The van der Waals surface area contributed by atoms with Crippen molar-refractivity contribution in [1.29, 1.82) is 0 Å². The Morgan fingerprint density at radius 2 is 1.86 bits per heavy atom. The molecule has 0 radical (unpaired) electrons. The minimum absolute atomic E-state index is 0.208. The van der Waals surface area contributed by atoms with E-state index in [1.54, 1.807) is 6.92 Å². The van der Waals surface area contributed by atoms with E-state index in [4.69, 9.17) is 11.5 Å². The van der Waals surface area contributed by atoms with Crippen LogP contribution in [0.15, 0.2) is 0 Å². The number of carboxylic acid groups (broad SMARTS) is 1. The molecule has 7 N–H and O–H groups in total. The first-order valence-electron chi connectivity index (χ1n) is 9.23. The molecule has 0 spiro atoms. The van der Waals surface area contributed by atoms with E-state index in [2.05, 4.69) is 10.6 Å². The Bertz CT molecular complexity index is 625. The lowest BCUT2D eigenvalue weighted by Gasteiger charge is -2.29. The molecule has 0 aromatic carbocycles. The van der Waals surface area contributed by atoms with Gasteiger partial charge >= 0.3 is 5.97 Å². The molecule has 0 aromatic heterocycles. The summed E-state index contributed by atoms with van der Waals surface area (Å²) < 4.78 is 0. The third-order valence-electron chi connectivity index (χ3n) is 4.84. The van der Waals surface area contributed by atoms with Crippen LogP contribution in [-0.4, -0.2) is 70.8 Å². The molecular formula is C17H29N5O6. The Balaban J connectivity index is 3.01. The van der Waals surface area contributed by atoms with E-state index in [0.29, 0.717) is 19.3 Å². The molecule has 4 atom stereocenters. The normalized spacial score (nSPS) is 19.4. The highest BCUT2D eigenvalue weighted by Crippen LogP contribution is 2.19. The molecule has 11 nitrogen and oxygen atoms in total. The van der Waals surface area contributed by atoms with Crippen molar-refractivity contribution in [3.05, 3.63) is 0 Å². The third-order valence-corrected chi connectivity index (χ3v) is 4.84. The summed E-state index contributed by atoms with van der Waals surface area (Å²) in [6, 6.07) is -3.29. The second-order valence-electron chi connectivity index (χ2n) is 6.89. The number of nitrogens with two attached hydrogens (primary N) is 2. The molecule has 4 amide bonds. The highest BCUT2D eigenvalue weighted by molar-refractivity contribution is 5.96. The number of nitrogens with one attached hydrogen (secondary N) is 2. The predicted molar refractivity (Wildman–Crippen MR) is 98.6 cm³/mol. The van der Waals surface area contributed by atoms with Gasteiger partial charge in [0, 0.05) is 6.54 Å². The van der Waals surface area contributed by atoms with Gasteiger partial charge in [0.2, 0.25) is 23.6 Å². The number of amides is 4. The number of rotatable bonds is 10. The summed E-state index contributed by atoms with van der Waals surface area (Å²) >= 11 is 0. The van der Waals surface area contributed by atoms with Crippen molar-refractivity contribution in [2.45, 2.75) is 57.7 Å². The number of hydrogen-bond acceptors (Lipinski definition) is 6. The topological polar surface area (TPSA) is 185 Å². The number of nitrogens with zero attached hydrogens (tertiary/aromatic N) is 1. The molecule has 0 saturated carbocycles. The quantitative estimate of drug-likeness (QED) is 0.279. The van der Waals surface area contributed by atoms with E-state index in [-0.39, 0.29) is 19.0 Å². The van der Waals surface area contributed by atoms with Gasteiger partial charge in [0.05, 0.1) is 13.0 Å². The van der Waals surface area contributed by atoms with Crippen LogP contribution in [0.25, 0.3) is 0 Å². The lowest BCUT2D eigenvalue weighted by molar-refractivity contribution is -0.149. The number of carbonyl (C=O) groups is 5. The van der Waals surface area contributed by atoms with Gasteiger partial charge in [0.15, 0.2) is 0 Å². The monoisotopic (exact) mass is 399 g/mol. The van der Waals surface area contributed by atoms with Crippen LogP contribution < -0.4 is 22.1 Å². The second kappa shape index (κ2) is 10.6. The standard InChI is InChI=1S/C17H29N5O6/c1-3-9(2)14(21-13(24)8-18)15(25)20-10(7-12(19)23)16(26)22-6-4-5-11(22)17(27)28/h9-11,14H,3-8,18H2,1-2H3,(H2,19,23)(H,20,25)(H,21,24)(H,27,28). The first-order valence-corrected chi connectivity index (χ1v) is 9.23. The van der Waals surface area contributed by atoms with Crippen LogP contribution in [0, 0.1) is 5.92 Å². The van der Waals surface area contributed by atoms with E-state index in [0.717, 1.165) is 4.90 Å². The van der Waals surface area contributed by atoms with Crippen molar-refractivity contribution >= 4 is 29.6 Å². The van der Waals surface area contributed by atoms with E-state index < -0.39 is 54.1 Å². The molecule has 4 unspecified atom stereocenters. The largest absolute Gasteiger partial charge is 0.480 e. The molecule has 1 heterocycles. The van der Waals surface area contributed by atoms with Gasteiger partial charge in [0.1, 0.15) is 18.1 Å². The van der Waals surface area contributed by atoms with Gasteiger partial charge in [-0.05, 0) is 18.8 Å². The van der Waals surface area contributed by atoms with Crippen LogP contribution in [0.1, 0.15) is 39.5 Å². The van der Waals surface area contributed by atoms with Gasteiger partial charge in [-0.25, -0.2) is 4.79 Å². The molecule has 1 saturated heterocycles. The summed E-state index contributed by atoms with van der Waals surface area (Å²) in [6.45, 7) is 3.47. The Hall–Kier alpha value is -2.69. The lowest BCUT2D eigenvalue weighted by atomic mass is 9.97. The van der Waals surface area contributed by atoms with Crippen molar-refractivity contribution in [3.8, 4) is 0 Å². The van der Waals surface area contributed by atoms with Gasteiger partial charge in [-0.15, -0.1) is 0 Å². The van der Waals surface area contributed by atoms with E-state index >= 15 is 0 Å². The lowest BCUT2D eigenvalue weighted by Crippen LogP contribution is -2.58. The number of likely N-dealkylation sites (tertiary alicyclic amines) is 1. The maximum Gasteiger partial charge on any atom is 0.326 e. The zero-order valence-electron chi connectivity index (χ0n) is 16.1. The Labute approximate surface area is 163 Å². The van der Waals surface area contributed by atoms with Gasteiger partial charge in [0.25, 0.3) is 0 Å². The number of carbonyl (C=O) groups excluding carboxylic acids is 4. The minimum Gasteiger partial charge on any atom is -0.480 e. The Kier molecular flexibility index (Phi) is 8.83. The fourth-order valence-electron chi connectivity index (χ4n) is 3.08. The maximum absolute atomic E-state index is 12.8. The second-order valence-corrected chi connectivity index (χ2v) is 6.89. The zero-order chi connectivity index (χ0) is 21.4. The molecule has 0 aliphatic carbocycles. The molecule has 0 aromatic rings. The number of aliphatic carboxylic acids is 1. The number of primary amides is 1. The predicted octanol–water partition coefficient (Wildman–Crippen LogP) is -2.09.